The molecule has 0 saturated heterocycles. The molecule has 1 N–H and O–H groups in total. The Morgan fingerprint density at radius 3 is 2.36 bits per heavy atom. The molecule has 0 radical (unpaired) electrons. The van der Waals surface area contributed by atoms with Crippen LogP contribution in [0.4, 0.5) is 0 Å². The summed E-state index contributed by atoms with van der Waals surface area (Å²) in [6.45, 7) is 6.59. The van der Waals surface area contributed by atoms with Crippen molar-refractivity contribution >= 4 is 26.0 Å². The first-order chi connectivity index (χ1) is 6.37. The molecule has 0 amide bonds. The van der Waals surface area contributed by atoms with Crippen LogP contribution < -0.4 is 4.72 Å². The van der Waals surface area contributed by atoms with Gasteiger partial charge in [-0.25, -0.2) is 13.1 Å². The van der Waals surface area contributed by atoms with E-state index in [0.717, 1.165) is 6.42 Å². The van der Waals surface area contributed by atoms with E-state index in [0.29, 0.717) is 18.9 Å². The molecule has 0 bridgehead atoms. The van der Waals surface area contributed by atoms with Crippen molar-refractivity contribution in [2.45, 2.75) is 38.4 Å². The number of halogens is 1. The quantitative estimate of drug-likeness (QED) is 0.729. The zero-order chi connectivity index (χ0) is 11.2. The van der Waals surface area contributed by atoms with Crippen LogP contribution in [0.3, 0.4) is 0 Å². The van der Waals surface area contributed by atoms with Crippen LogP contribution in [0.1, 0.15) is 33.6 Å². The van der Waals surface area contributed by atoms with Gasteiger partial charge in [-0.3, -0.25) is 0 Å². The van der Waals surface area contributed by atoms with Crippen LogP contribution in [-0.4, -0.2) is 25.5 Å². The minimum absolute atomic E-state index is 0.217. The van der Waals surface area contributed by atoms with E-state index in [1.54, 1.807) is 0 Å². The summed E-state index contributed by atoms with van der Waals surface area (Å²) in [6.07, 6.45) is 1.64. The van der Waals surface area contributed by atoms with Crippen LogP contribution in [0.5, 0.6) is 0 Å². The molecule has 0 fully saturated rings. The molecule has 0 aromatic carbocycles. The largest absolute Gasteiger partial charge is 0.214 e. The summed E-state index contributed by atoms with van der Waals surface area (Å²) in [6, 6.07) is 0. The fourth-order valence-electron chi connectivity index (χ4n) is 1.15. The Bertz CT molecular complexity index is 239. The fourth-order valence-corrected chi connectivity index (χ4v) is 3.41. The highest BCUT2D eigenvalue weighted by molar-refractivity contribution is 9.09. The van der Waals surface area contributed by atoms with Gasteiger partial charge in [-0.05, 0) is 18.8 Å². The molecule has 0 aromatic heterocycles. The van der Waals surface area contributed by atoms with Gasteiger partial charge >= 0.3 is 0 Å². The zero-order valence-corrected chi connectivity index (χ0v) is 11.5. The van der Waals surface area contributed by atoms with Gasteiger partial charge in [0.1, 0.15) is 0 Å². The van der Waals surface area contributed by atoms with E-state index in [4.69, 9.17) is 0 Å². The van der Waals surface area contributed by atoms with Crippen molar-refractivity contribution < 1.29 is 8.42 Å². The molecule has 0 aromatic rings. The van der Waals surface area contributed by atoms with Gasteiger partial charge in [-0.15, -0.1) is 0 Å². The Morgan fingerprint density at radius 1 is 1.36 bits per heavy atom. The van der Waals surface area contributed by atoms with Gasteiger partial charge in [0, 0.05) is 11.4 Å². The number of sulfonamides is 1. The van der Waals surface area contributed by atoms with E-state index in [2.05, 4.69) is 34.5 Å². The molecule has 3 nitrogen and oxygen atoms in total. The first-order valence-corrected chi connectivity index (χ1v) is 7.55. The Morgan fingerprint density at radius 2 is 1.93 bits per heavy atom. The number of alkyl halides is 1. The van der Waals surface area contributed by atoms with Gasteiger partial charge in [0.25, 0.3) is 0 Å². The second-order valence-corrected chi connectivity index (χ2v) is 7.12. The molecule has 1 atom stereocenters. The highest BCUT2D eigenvalue weighted by atomic mass is 79.9. The number of nitrogens with one attached hydrogen (secondary N) is 1. The van der Waals surface area contributed by atoms with Crippen molar-refractivity contribution in [2.24, 2.45) is 5.92 Å². The Hall–Kier alpha value is 0.390. The van der Waals surface area contributed by atoms with Gasteiger partial charge in [-0.2, -0.15) is 0 Å². The maximum atomic E-state index is 11.3. The van der Waals surface area contributed by atoms with Crippen molar-refractivity contribution in [1.29, 1.82) is 0 Å². The van der Waals surface area contributed by atoms with Crippen molar-refractivity contribution in [3.05, 3.63) is 0 Å². The Balaban J connectivity index is 3.82. The molecule has 14 heavy (non-hydrogen) atoms. The van der Waals surface area contributed by atoms with Gasteiger partial charge in [0.15, 0.2) is 0 Å². The van der Waals surface area contributed by atoms with Crippen LogP contribution in [0.15, 0.2) is 0 Å². The van der Waals surface area contributed by atoms with Crippen molar-refractivity contribution in [3.63, 3.8) is 0 Å². The predicted molar refractivity (Wildman–Crippen MR) is 64.3 cm³/mol. The molecule has 0 aliphatic carbocycles. The SMILES string of the molecule is CCCS(=O)(=O)NCC(Br)CC(C)C. The molecule has 1 unspecified atom stereocenters. The lowest BCUT2D eigenvalue weighted by molar-refractivity contribution is 0.551. The summed E-state index contributed by atoms with van der Waals surface area (Å²) in [5, 5.41) is 0. The number of rotatable bonds is 7. The van der Waals surface area contributed by atoms with Crippen LogP contribution in [0.25, 0.3) is 0 Å². The number of hydrogen-bond donors (Lipinski definition) is 1. The lowest BCUT2D eigenvalue weighted by Crippen LogP contribution is -2.31. The van der Waals surface area contributed by atoms with Gasteiger partial charge in [0.05, 0.1) is 5.75 Å². The third-order valence-corrected chi connectivity index (χ3v) is 3.97. The molecular weight excluding hydrogens is 266 g/mol. The average molecular weight is 286 g/mol. The van der Waals surface area contributed by atoms with Crippen molar-refractivity contribution in [2.75, 3.05) is 12.3 Å². The van der Waals surface area contributed by atoms with E-state index in [1.807, 2.05) is 6.92 Å². The van der Waals surface area contributed by atoms with Crippen molar-refractivity contribution in [1.82, 2.24) is 4.72 Å². The molecule has 86 valence electrons. The molecule has 0 heterocycles. The molecule has 0 spiro atoms. The summed E-state index contributed by atoms with van der Waals surface area (Å²) in [7, 11) is -3.04. The lowest BCUT2D eigenvalue weighted by atomic mass is 10.1. The first-order valence-electron chi connectivity index (χ1n) is 4.98. The zero-order valence-electron chi connectivity index (χ0n) is 9.09. The normalized spacial score (nSPS) is 14.6. The van der Waals surface area contributed by atoms with E-state index in [1.165, 1.54) is 0 Å². The number of hydrogen-bond acceptors (Lipinski definition) is 2. The Kier molecular flexibility index (Phi) is 6.99. The predicted octanol–water partition coefficient (Wildman–Crippen LogP) is 2.13. The highest BCUT2D eigenvalue weighted by Crippen LogP contribution is 2.11. The minimum atomic E-state index is -3.04. The Labute approximate surface area is 95.8 Å². The molecular formula is C9H20BrNO2S. The topological polar surface area (TPSA) is 46.2 Å². The summed E-state index contributed by atoms with van der Waals surface area (Å²) in [5.74, 6) is 0.795. The summed E-state index contributed by atoms with van der Waals surface area (Å²) in [4.78, 5) is 0.231. The third-order valence-electron chi connectivity index (χ3n) is 1.72. The molecule has 5 heteroatoms. The van der Waals surface area contributed by atoms with Crippen LogP contribution in [0, 0.1) is 5.92 Å². The highest BCUT2D eigenvalue weighted by Gasteiger charge is 2.12. The standard InChI is InChI=1S/C9H20BrNO2S/c1-4-5-14(12,13)11-7-9(10)6-8(2)3/h8-9,11H,4-7H2,1-3H3. The second-order valence-electron chi connectivity index (χ2n) is 3.89. The second kappa shape index (κ2) is 6.80. The smallest absolute Gasteiger partial charge is 0.211 e. The van der Waals surface area contributed by atoms with E-state index in [-0.39, 0.29) is 10.6 Å². The maximum Gasteiger partial charge on any atom is 0.211 e. The first kappa shape index (κ1) is 14.4. The van der Waals surface area contributed by atoms with E-state index >= 15 is 0 Å². The maximum absolute atomic E-state index is 11.3. The average Bonchev–Trinajstić information content (AvgIpc) is 2.00. The molecule has 0 aliphatic heterocycles. The van der Waals surface area contributed by atoms with E-state index in [9.17, 15) is 8.42 Å². The van der Waals surface area contributed by atoms with Crippen LogP contribution >= 0.6 is 15.9 Å². The summed E-state index contributed by atoms with van der Waals surface area (Å²) >= 11 is 3.46. The van der Waals surface area contributed by atoms with Gasteiger partial charge < -0.3 is 0 Å². The molecule has 0 rings (SSSR count). The summed E-state index contributed by atoms with van der Waals surface area (Å²) in [5.41, 5.74) is 0. The lowest BCUT2D eigenvalue weighted by Gasteiger charge is -2.13. The molecule has 0 aliphatic rings. The van der Waals surface area contributed by atoms with Gasteiger partial charge in [-0.1, -0.05) is 36.7 Å². The molecule has 0 saturated carbocycles. The monoisotopic (exact) mass is 285 g/mol. The van der Waals surface area contributed by atoms with Gasteiger partial charge in [0.2, 0.25) is 10.0 Å². The van der Waals surface area contributed by atoms with Crippen LogP contribution in [-0.2, 0) is 10.0 Å². The minimum Gasteiger partial charge on any atom is -0.214 e. The van der Waals surface area contributed by atoms with Crippen molar-refractivity contribution in [3.8, 4) is 0 Å². The summed E-state index contributed by atoms with van der Waals surface area (Å²) < 4.78 is 25.2. The van der Waals surface area contributed by atoms with E-state index < -0.39 is 10.0 Å². The fraction of sp³-hybridized carbons (Fsp3) is 1.00. The van der Waals surface area contributed by atoms with Crippen LogP contribution in [0.2, 0.25) is 0 Å². The third kappa shape index (κ3) is 7.76.